The smallest absolute Gasteiger partial charge is 0.255 e. The molecular weight excluding hydrogens is 268 g/mol. The van der Waals surface area contributed by atoms with Gasteiger partial charge in [-0.15, -0.1) is 0 Å². The third-order valence-corrected chi connectivity index (χ3v) is 3.01. The Morgan fingerprint density at radius 3 is 2.38 bits per heavy atom. The van der Waals surface area contributed by atoms with Crippen molar-refractivity contribution in [1.29, 1.82) is 0 Å². The minimum atomic E-state index is -0.296. The van der Waals surface area contributed by atoms with Gasteiger partial charge in [-0.05, 0) is 36.4 Å². The van der Waals surface area contributed by atoms with Crippen molar-refractivity contribution in [3.63, 3.8) is 0 Å². The average molecular weight is 284 g/mol. The third kappa shape index (κ3) is 3.46. The minimum absolute atomic E-state index is 0.102. The van der Waals surface area contributed by atoms with E-state index in [0.717, 1.165) is 0 Å². The number of hydrogen-bond acceptors (Lipinski definition) is 4. The fourth-order valence-corrected chi connectivity index (χ4v) is 1.88. The summed E-state index contributed by atoms with van der Waals surface area (Å²) in [7, 11) is 1.56. The summed E-state index contributed by atoms with van der Waals surface area (Å²) in [6.07, 6.45) is 0. The Bertz CT molecular complexity index is 651. The van der Waals surface area contributed by atoms with Gasteiger partial charge in [0.2, 0.25) is 0 Å². The second-order valence-corrected chi connectivity index (χ2v) is 4.36. The van der Waals surface area contributed by atoms with Crippen LogP contribution in [0.25, 0.3) is 0 Å². The summed E-state index contributed by atoms with van der Waals surface area (Å²) in [5.41, 5.74) is 6.71. The maximum Gasteiger partial charge on any atom is 0.255 e. The highest BCUT2D eigenvalue weighted by molar-refractivity contribution is 6.09. The highest BCUT2D eigenvalue weighted by Crippen LogP contribution is 2.18. The van der Waals surface area contributed by atoms with E-state index >= 15 is 0 Å². The van der Waals surface area contributed by atoms with Crippen molar-refractivity contribution in [2.75, 3.05) is 19.0 Å². The quantitative estimate of drug-likeness (QED) is 0.824. The van der Waals surface area contributed by atoms with Crippen LogP contribution >= 0.6 is 0 Å². The van der Waals surface area contributed by atoms with Gasteiger partial charge in [-0.3, -0.25) is 9.59 Å². The second kappa shape index (κ2) is 6.67. The highest BCUT2D eigenvalue weighted by atomic mass is 16.5. The molecule has 0 heterocycles. The molecule has 0 saturated carbocycles. The number of benzene rings is 2. The number of hydrogen-bond donors (Lipinski definition) is 2. The predicted octanol–water partition coefficient (Wildman–Crippen LogP) is 2.09. The predicted molar refractivity (Wildman–Crippen MR) is 80.8 cm³/mol. The summed E-state index contributed by atoms with van der Waals surface area (Å²) in [6.45, 7) is -0.102. The topological polar surface area (TPSA) is 81.4 Å². The second-order valence-electron chi connectivity index (χ2n) is 4.36. The van der Waals surface area contributed by atoms with Crippen molar-refractivity contribution >= 4 is 17.4 Å². The molecule has 0 fully saturated rings. The molecule has 0 unspecified atom stereocenters. The largest absolute Gasteiger partial charge is 0.497 e. The molecule has 2 aromatic carbocycles. The normalized spacial score (nSPS) is 10.0. The van der Waals surface area contributed by atoms with Gasteiger partial charge in [-0.25, -0.2) is 0 Å². The summed E-state index contributed by atoms with van der Waals surface area (Å²) >= 11 is 0. The van der Waals surface area contributed by atoms with Crippen LogP contribution in [0.15, 0.2) is 48.5 Å². The van der Waals surface area contributed by atoms with Crippen LogP contribution in [-0.2, 0) is 0 Å². The van der Waals surface area contributed by atoms with Crippen LogP contribution in [0.3, 0.4) is 0 Å². The zero-order valence-corrected chi connectivity index (χ0v) is 11.6. The third-order valence-electron chi connectivity index (χ3n) is 3.01. The number of carbonyl (C=O) groups excluding carboxylic acids is 2. The Balaban J connectivity index is 2.21. The molecule has 1 amide bonds. The van der Waals surface area contributed by atoms with Crippen LogP contribution in [0.1, 0.15) is 20.7 Å². The van der Waals surface area contributed by atoms with Crippen LogP contribution < -0.4 is 15.8 Å². The summed E-state index contributed by atoms with van der Waals surface area (Å²) in [4.78, 5) is 23.9. The molecule has 0 bridgehead atoms. The van der Waals surface area contributed by atoms with E-state index < -0.39 is 0 Å². The van der Waals surface area contributed by atoms with Gasteiger partial charge in [0.15, 0.2) is 5.78 Å². The van der Waals surface area contributed by atoms with Crippen LogP contribution in [-0.4, -0.2) is 25.3 Å². The molecule has 0 aliphatic carbocycles. The number of Topliss-reactive ketones (excluding diaryl/α,β-unsaturated/α-hetero) is 1. The number of nitrogens with one attached hydrogen (secondary N) is 1. The van der Waals surface area contributed by atoms with Crippen molar-refractivity contribution in [3.8, 4) is 5.75 Å². The zero-order valence-electron chi connectivity index (χ0n) is 11.6. The maximum absolute atomic E-state index is 12.2. The summed E-state index contributed by atoms with van der Waals surface area (Å²) < 4.78 is 5.04. The van der Waals surface area contributed by atoms with Gasteiger partial charge < -0.3 is 15.8 Å². The van der Waals surface area contributed by atoms with Crippen molar-refractivity contribution in [3.05, 3.63) is 59.7 Å². The molecule has 0 aliphatic heterocycles. The Morgan fingerprint density at radius 1 is 1.10 bits per heavy atom. The molecule has 0 aliphatic rings. The van der Waals surface area contributed by atoms with E-state index in [2.05, 4.69) is 5.32 Å². The van der Waals surface area contributed by atoms with Gasteiger partial charge >= 0.3 is 0 Å². The van der Waals surface area contributed by atoms with Crippen LogP contribution in [0.4, 0.5) is 5.69 Å². The number of nitrogens with two attached hydrogens (primary N) is 1. The monoisotopic (exact) mass is 284 g/mol. The van der Waals surface area contributed by atoms with E-state index in [0.29, 0.717) is 22.6 Å². The number of rotatable bonds is 5. The lowest BCUT2D eigenvalue weighted by molar-refractivity contribution is 0.100. The molecule has 0 spiro atoms. The highest BCUT2D eigenvalue weighted by Gasteiger charge is 2.12. The molecule has 0 aromatic heterocycles. The standard InChI is InChI=1S/C16H16N2O3/c1-21-12-8-6-11(7-9-12)16(20)18-14-5-3-2-4-13(14)15(19)10-17/h2-9H,10,17H2,1H3,(H,18,20). The van der Waals surface area contributed by atoms with Gasteiger partial charge in [0.1, 0.15) is 5.75 Å². The molecule has 5 nitrogen and oxygen atoms in total. The fourth-order valence-electron chi connectivity index (χ4n) is 1.88. The molecular formula is C16H16N2O3. The van der Waals surface area contributed by atoms with Crippen molar-refractivity contribution in [1.82, 2.24) is 0 Å². The van der Waals surface area contributed by atoms with E-state index in [-0.39, 0.29) is 18.2 Å². The Labute approximate surface area is 122 Å². The van der Waals surface area contributed by atoms with Crippen LogP contribution in [0, 0.1) is 0 Å². The number of ether oxygens (including phenoxy) is 1. The Hall–Kier alpha value is -2.66. The lowest BCUT2D eigenvalue weighted by Crippen LogP contribution is -2.18. The van der Waals surface area contributed by atoms with Gasteiger partial charge in [0, 0.05) is 11.1 Å². The lowest BCUT2D eigenvalue weighted by Gasteiger charge is -2.10. The van der Waals surface area contributed by atoms with E-state index in [9.17, 15) is 9.59 Å². The molecule has 5 heteroatoms. The minimum Gasteiger partial charge on any atom is -0.497 e. The molecule has 108 valence electrons. The van der Waals surface area contributed by atoms with E-state index in [4.69, 9.17) is 10.5 Å². The first-order valence-corrected chi connectivity index (χ1v) is 6.43. The summed E-state index contributed by atoms with van der Waals surface area (Å²) in [5.74, 6) is 0.154. The van der Waals surface area contributed by atoms with E-state index in [1.165, 1.54) is 0 Å². The lowest BCUT2D eigenvalue weighted by atomic mass is 10.1. The summed E-state index contributed by atoms with van der Waals surface area (Å²) in [6, 6.07) is 13.5. The number of para-hydroxylation sites is 1. The first-order valence-electron chi connectivity index (χ1n) is 6.43. The van der Waals surface area contributed by atoms with Crippen LogP contribution in [0.5, 0.6) is 5.75 Å². The van der Waals surface area contributed by atoms with E-state index in [1.54, 1.807) is 55.6 Å². The van der Waals surface area contributed by atoms with Gasteiger partial charge in [-0.1, -0.05) is 12.1 Å². The zero-order chi connectivity index (χ0) is 15.2. The Kier molecular flexibility index (Phi) is 4.68. The molecule has 0 saturated heterocycles. The molecule has 3 N–H and O–H groups in total. The van der Waals surface area contributed by atoms with Crippen molar-refractivity contribution in [2.45, 2.75) is 0 Å². The van der Waals surface area contributed by atoms with Crippen LogP contribution in [0.2, 0.25) is 0 Å². The first kappa shape index (κ1) is 14.7. The number of amides is 1. The molecule has 2 rings (SSSR count). The fraction of sp³-hybridized carbons (Fsp3) is 0.125. The molecule has 2 aromatic rings. The Morgan fingerprint density at radius 2 is 1.76 bits per heavy atom. The summed E-state index contributed by atoms with van der Waals surface area (Å²) in [5, 5.41) is 2.72. The van der Waals surface area contributed by atoms with E-state index in [1.807, 2.05) is 0 Å². The number of anilines is 1. The van der Waals surface area contributed by atoms with Crippen molar-refractivity contribution < 1.29 is 14.3 Å². The first-order chi connectivity index (χ1) is 10.2. The van der Waals surface area contributed by atoms with Crippen molar-refractivity contribution in [2.24, 2.45) is 5.73 Å². The number of ketones is 1. The number of carbonyl (C=O) groups is 2. The average Bonchev–Trinajstić information content (AvgIpc) is 2.54. The molecule has 21 heavy (non-hydrogen) atoms. The molecule has 0 radical (unpaired) electrons. The van der Waals surface area contributed by atoms with Gasteiger partial charge in [0.25, 0.3) is 5.91 Å². The molecule has 0 atom stereocenters. The van der Waals surface area contributed by atoms with Gasteiger partial charge in [-0.2, -0.15) is 0 Å². The van der Waals surface area contributed by atoms with Gasteiger partial charge in [0.05, 0.1) is 19.3 Å². The number of methoxy groups -OCH3 is 1. The maximum atomic E-state index is 12.2. The SMILES string of the molecule is COc1ccc(C(=O)Nc2ccccc2C(=O)CN)cc1.